The van der Waals surface area contributed by atoms with E-state index in [1.165, 1.54) is 13.0 Å². The third-order valence-electron chi connectivity index (χ3n) is 3.63. The normalized spacial score (nSPS) is 17.7. The van der Waals surface area contributed by atoms with E-state index in [4.69, 9.17) is 0 Å². The van der Waals surface area contributed by atoms with E-state index in [0.717, 1.165) is 12.8 Å². The first-order valence-corrected chi connectivity index (χ1v) is 5.87. The highest BCUT2D eigenvalue weighted by molar-refractivity contribution is 5.95. The standard InChI is InChI=1S/C14H16F2O/c1-8(17)12-11(15)7-10-9(13(12)16)5-4-6-14(10,2)3/h7H,4-6H2,1-3H3. The lowest BCUT2D eigenvalue weighted by molar-refractivity contribution is 0.100. The van der Waals surface area contributed by atoms with Gasteiger partial charge in [0, 0.05) is 0 Å². The molecule has 0 spiro atoms. The number of rotatable bonds is 1. The van der Waals surface area contributed by atoms with Gasteiger partial charge in [-0.15, -0.1) is 0 Å². The van der Waals surface area contributed by atoms with Crippen LogP contribution in [0.15, 0.2) is 6.07 Å². The topological polar surface area (TPSA) is 17.1 Å². The number of carbonyl (C=O) groups is 1. The van der Waals surface area contributed by atoms with Gasteiger partial charge in [-0.3, -0.25) is 4.79 Å². The Morgan fingerprint density at radius 1 is 1.35 bits per heavy atom. The van der Waals surface area contributed by atoms with Crippen molar-refractivity contribution in [3.05, 3.63) is 34.4 Å². The zero-order valence-corrected chi connectivity index (χ0v) is 10.4. The Labute approximate surface area is 99.8 Å². The minimum absolute atomic E-state index is 0.218. The fourth-order valence-electron chi connectivity index (χ4n) is 2.67. The summed E-state index contributed by atoms with van der Waals surface area (Å²) in [6.07, 6.45) is 2.38. The molecule has 0 N–H and O–H groups in total. The van der Waals surface area contributed by atoms with Gasteiger partial charge in [-0.25, -0.2) is 8.78 Å². The predicted octanol–water partition coefficient (Wildman–Crippen LogP) is 3.78. The minimum Gasteiger partial charge on any atom is -0.294 e. The summed E-state index contributed by atoms with van der Waals surface area (Å²) in [6.45, 7) is 5.16. The molecule has 17 heavy (non-hydrogen) atoms. The molecule has 1 aliphatic rings. The summed E-state index contributed by atoms with van der Waals surface area (Å²) in [5.41, 5.74) is 0.628. The molecule has 0 amide bonds. The molecule has 0 aromatic heterocycles. The fraction of sp³-hybridized carbons (Fsp3) is 0.500. The Hall–Kier alpha value is -1.25. The Kier molecular flexibility index (Phi) is 2.80. The zero-order chi connectivity index (χ0) is 12.8. The molecule has 0 radical (unpaired) electrons. The monoisotopic (exact) mass is 238 g/mol. The molecule has 2 rings (SSSR count). The van der Waals surface area contributed by atoms with Crippen molar-refractivity contribution in [3.8, 4) is 0 Å². The first-order chi connectivity index (χ1) is 7.84. The molecular formula is C14H16F2O. The molecule has 0 heterocycles. The summed E-state index contributed by atoms with van der Waals surface area (Å²) in [7, 11) is 0. The Bertz CT molecular complexity index is 489. The van der Waals surface area contributed by atoms with Crippen LogP contribution in [0.4, 0.5) is 8.78 Å². The number of benzene rings is 1. The van der Waals surface area contributed by atoms with Crippen LogP contribution in [0.1, 0.15) is 55.1 Å². The average molecular weight is 238 g/mol. The Balaban J connectivity index is 2.72. The largest absolute Gasteiger partial charge is 0.294 e. The van der Waals surface area contributed by atoms with Crippen LogP contribution in [-0.4, -0.2) is 5.78 Å². The fourth-order valence-corrected chi connectivity index (χ4v) is 2.67. The van der Waals surface area contributed by atoms with Gasteiger partial charge in [0.1, 0.15) is 11.6 Å². The SMILES string of the molecule is CC(=O)c1c(F)cc2c(c1F)CCCC2(C)C. The number of carbonyl (C=O) groups excluding carboxylic acids is 1. The number of halogens is 2. The number of fused-ring (bicyclic) bond motifs is 1. The van der Waals surface area contributed by atoms with E-state index in [1.807, 2.05) is 13.8 Å². The maximum Gasteiger partial charge on any atom is 0.165 e. The van der Waals surface area contributed by atoms with Crippen LogP contribution >= 0.6 is 0 Å². The molecule has 3 heteroatoms. The molecule has 0 fully saturated rings. The van der Waals surface area contributed by atoms with E-state index >= 15 is 0 Å². The van der Waals surface area contributed by atoms with Crippen LogP contribution in [0.2, 0.25) is 0 Å². The van der Waals surface area contributed by atoms with Crippen LogP contribution in [0.5, 0.6) is 0 Å². The second kappa shape index (κ2) is 3.90. The van der Waals surface area contributed by atoms with E-state index < -0.39 is 17.4 Å². The minimum atomic E-state index is -0.733. The van der Waals surface area contributed by atoms with Crippen molar-refractivity contribution < 1.29 is 13.6 Å². The van der Waals surface area contributed by atoms with Gasteiger partial charge in [0.05, 0.1) is 5.56 Å². The van der Waals surface area contributed by atoms with Crippen molar-refractivity contribution in [1.82, 2.24) is 0 Å². The molecule has 0 bridgehead atoms. The second-order valence-corrected chi connectivity index (χ2v) is 5.37. The van der Waals surface area contributed by atoms with Crippen molar-refractivity contribution in [3.63, 3.8) is 0 Å². The molecule has 0 aliphatic heterocycles. The second-order valence-electron chi connectivity index (χ2n) is 5.37. The van der Waals surface area contributed by atoms with E-state index in [1.54, 1.807) is 0 Å². The smallest absolute Gasteiger partial charge is 0.165 e. The summed E-state index contributed by atoms with van der Waals surface area (Å²) in [5.74, 6) is -1.94. The lowest BCUT2D eigenvalue weighted by Gasteiger charge is -2.33. The maximum atomic E-state index is 14.1. The third kappa shape index (κ3) is 1.88. The number of hydrogen-bond donors (Lipinski definition) is 0. The van der Waals surface area contributed by atoms with E-state index in [-0.39, 0.29) is 11.0 Å². The highest BCUT2D eigenvalue weighted by atomic mass is 19.1. The van der Waals surface area contributed by atoms with E-state index in [0.29, 0.717) is 17.5 Å². The number of Topliss-reactive ketones (excluding diaryl/α,β-unsaturated/α-hetero) is 1. The third-order valence-corrected chi connectivity index (χ3v) is 3.63. The van der Waals surface area contributed by atoms with Crippen molar-refractivity contribution in [2.24, 2.45) is 0 Å². The highest BCUT2D eigenvalue weighted by Gasteiger charge is 2.32. The van der Waals surface area contributed by atoms with Gasteiger partial charge in [0.15, 0.2) is 5.78 Å². The number of ketones is 1. The Morgan fingerprint density at radius 2 is 2.00 bits per heavy atom. The molecule has 1 aromatic carbocycles. The number of hydrogen-bond acceptors (Lipinski definition) is 1. The van der Waals surface area contributed by atoms with Gasteiger partial charge < -0.3 is 0 Å². The molecular weight excluding hydrogens is 222 g/mol. The maximum absolute atomic E-state index is 14.1. The van der Waals surface area contributed by atoms with Crippen LogP contribution < -0.4 is 0 Å². The summed E-state index contributed by atoms with van der Waals surface area (Å²) < 4.78 is 27.9. The van der Waals surface area contributed by atoms with Crippen molar-refractivity contribution in [2.75, 3.05) is 0 Å². The Morgan fingerprint density at radius 3 is 2.59 bits per heavy atom. The molecule has 0 unspecified atom stereocenters. The van der Waals surface area contributed by atoms with Crippen molar-refractivity contribution in [1.29, 1.82) is 0 Å². The van der Waals surface area contributed by atoms with Gasteiger partial charge in [-0.1, -0.05) is 13.8 Å². The molecule has 0 atom stereocenters. The summed E-state index contributed by atoms with van der Waals surface area (Å²) in [4.78, 5) is 11.3. The van der Waals surface area contributed by atoms with Crippen molar-refractivity contribution in [2.45, 2.75) is 45.4 Å². The first kappa shape index (κ1) is 12.2. The lowest BCUT2D eigenvalue weighted by atomic mass is 9.72. The van der Waals surface area contributed by atoms with Crippen LogP contribution in [0.3, 0.4) is 0 Å². The van der Waals surface area contributed by atoms with E-state index in [9.17, 15) is 13.6 Å². The predicted molar refractivity (Wildman–Crippen MR) is 62.3 cm³/mol. The van der Waals surface area contributed by atoms with Gasteiger partial charge in [-0.05, 0) is 48.8 Å². The van der Waals surface area contributed by atoms with Gasteiger partial charge >= 0.3 is 0 Å². The van der Waals surface area contributed by atoms with Gasteiger partial charge in [-0.2, -0.15) is 0 Å². The molecule has 1 aliphatic carbocycles. The molecule has 0 saturated carbocycles. The quantitative estimate of drug-likeness (QED) is 0.680. The average Bonchev–Trinajstić information content (AvgIpc) is 2.19. The van der Waals surface area contributed by atoms with Gasteiger partial charge in [0.25, 0.3) is 0 Å². The van der Waals surface area contributed by atoms with Crippen LogP contribution in [-0.2, 0) is 11.8 Å². The van der Waals surface area contributed by atoms with Crippen molar-refractivity contribution >= 4 is 5.78 Å². The van der Waals surface area contributed by atoms with Crippen LogP contribution in [0, 0.1) is 11.6 Å². The summed E-state index contributed by atoms with van der Waals surface area (Å²) >= 11 is 0. The molecule has 1 aromatic rings. The summed E-state index contributed by atoms with van der Waals surface area (Å²) in [5, 5.41) is 0. The molecule has 1 nitrogen and oxygen atoms in total. The first-order valence-electron chi connectivity index (χ1n) is 5.87. The lowest BCUT2D eigenvalue weighted by Crippen LogP contribution is -2.26. The van der Waals surface area contributed by atoms with Gasteiger partial charge in [0.2, 0.25) is 0 Å². The zero-order valence-electron chi connectivity index (χ0n) is 10.4. The molecule has 92 valence electrons. The highest BCUT2D eigenvalue weighted by Crippen LogP contribution is 2.39. The van der Waals surface area contributed by atoms with E-state index in [2.05, 4.69) is 0 Å². The summed E-state index contributed by atoms with van der Waals surface area (Å²) in [6, 6.07) is 1.34. The van der Waals surface area contributed by atoms with Crippen LogP contribution in [0.25, 0.3) is 0 Å². The molecule has 0 saturated heterocycles.